The second kappa shape index (κ2) is 11.1. The highest BCUT2D eigenvalue weighted by atomic mass is 16.2. The van der Waals surface area contributed by atoms with Crippen molar-refractivity contribution in [2.24, 2.45) is 5.92 Å². The van der Waals surface area contributed by atoms with E-state index in [1.54, 1.807) is 11.9 Å². The zero-order valence-corrected chi connectivity index (χ0v) is 19.7. The molecule has 0 aliphatic heterocycles. The van der Waals surface area contributed by atoms with Crippen LogP contribution >= 0.6 is 0 Å². The monoisotopic (exact) mass is 455 g/mol. The molecular formula is C29H33N3O2. The fraction of sp³-hybridized carbons (Fsp3) is 0.310. The molecule has 0 saturated heterocycles. The smallest absolute Gasteiger partial charge is 0.317 e. The minimum atomic E-state index is -0.495. The average molecular weight is 456 g/mol. The van der Waals surface area contributed by atoms with Gasteiger partial charge < -0.3 is 15.0 Å². The van der Waals surface area contributed by atoms with Crippen molar-refractivity contribution in [2.45, 2.75) is 30.8 Å². The van der Waals surface area contributed by atoms with Crippen molar-refractivity contribution in [2.75, 3.05) is 20.1 Å². The Labute approximate surface area is 202 Å². The van der Waals surface area contributed by atoms with Crippen molar-refractivity contribution in [1.82, 2.24) is 15.5 Å². The van der Waals surface area contributed by atoms with Crippen LogP contribution in [-0.2, 0) is 10.3 Å². The van der Waals surface area contributed by atoms with Crippen LogP contribution in [0.15, 0.2) is 91.0 Å². The third kappa shape index (κ3) is 4.90. The Morgan fingerprint density at radius 2 is 1.38 bits per heavy atom. The van der Waals surface area contributed by atoms with Gasteiger partial charge in [0.1, 0.15) is 6.29 Å². The average Bonchev–Trinajstić information content (AvgIpc) is 3.38. The molecular weight excluding hydrogens is 422 g/mol. The molecule has 0 bridgehead atoms. The lowest BCUT2D eigenvalue weighted by molar-refractivity contribution is -0.108. The van der Waals surface area contributed by atoms with E-state index in [0.29, 0.717) is 5.92 Å². The first-order valence-corrected chi connectivity index (χ1v) is 12.0. The van der Waals surface area contributed by atoms with Gasteiger partial charge in [0.25, 0.3) is 0 Å². The number of nitrogens with one attached hydrogen (secondary N) is 2. The Kier molecular flexibility index (Phi) is 7.76. The Balaban J connectivity index is 1.64. The van der Waals surface area contributed by atoms with Crippen LogP contribution in [0.4, 0.5) is 4.79 Å². The van der Waals surface area contributed by atoms with E-state index in [4.69, 9.17) is 0 Å². The number of aldehydes is 1. The quantitative estimate of drug-likeness (QED) is 0.367. The first-order valence-electron chi connectivity index (χ1n) is 12.0. The molecule has 34 heavy (non-hydrogen) atoms. The molecule has 3 aromatic carbocycles. The molecule has 176 valence electrons. The summed E-state index contributed by atoms with van der Waals surface area (Å²) in [6.45, 7) is 0.935. The van der Waals surface area contributed by atoms with Crippen LogP contribution in [0.1, 0.15) is 36.0 Å². The fourth-order valence-electron chi connectivity index (χ4n) is 5.31. The van der Waals surface area contributed by atoms with E-state index >= 15 is 0 Å². The van der Waals surface area contributed by atoms with Gasteiger partial charge in [-0.3, -0.25) is 5.32 Å². The summed E-state index contributed by atoms with van der Waals surface area (Å²) in [6, 6.07) is 31.7. The first-order chi connectivity index (χ1) is 16.7. The largest absolute Gasteiger partial charge is 0.341 e. The van der Waals surface area contributed by atoms with Gasteiger partial charge in [0, 0.05) is 13.1 Å². The van der Waals surface area contributed by atoms with Gasteiger partial charge in [-0.2, -0.15) is 0 Å². The number of rotatable bonds is 9. The number of carbonyl (C=O) groups is 2. The van der Waals surface area contributed by atoms with Crippen LogP contribution in [0.3, 0.4) is 0 Å². The van der Waals surface area contributed by atoms with Crippen molar-refractivity contribution < 1.29 is 9.59 Å². The van der Waals surface area contributed by atoms with Crippen molar-refractivity contribution in [3.8, 4) is 0 Å². The molecule has 1 aliphatic carbocycles. The van der Waals surface area contributed by atoms with Crippen LogP contribution < -0.4 is 10.6 Å². The maximum Gasteiger partial charge on any atom is 0.317 e. The van der Waals surface area contributed by atoms with Crippen molar-refractivity contribution in [3.05, 3.63) is 108 Å². The van der Waals surface area contributed by atoms with Gasteiger partial charge in [0.15, 0.2) is 0 Å². The second-order valence-electron chi connectivity index (χ2n) is 8.94. The third-order valence-corrected chi connectivity index (χ3v) is 6.98. The summed E-state index contributed by atoms with van der Waals surface area (Å²) in [5.41, 5.74) is 3.07. The van der Waals surface area contributed by atoms with Crippen LogP contribution in [-0.4, -0.2) is 43.4 Å². The maximum absolute atomic E-state index is 12.3. The van der Waals surface area contributed by atoms with E-state index in [9.17, 15) is 9.59 Å². The number of nitrogens with zero attached hydrogens (tertiary/aromatic N) is 1. The number of amides is 2. The molecule has 5 nitrogen and oxygen atoms in total. The van der Waals surface area contributed by atoms with Crippen LogP contribution in [0.2, 0.25) is 0 Å². The summed E-state index contributed by atoms with van der Waals surface area (Å²) in [7, 11) is 1.61. The highest BCUT2D eigenvalue weighted by Crippen LogP contribution is 2.38. The Hall–Kier alpha value is -3.44. The summed E-state index contributed by atoms with van der Waals surface area (Å²) in [5, 5.41) is 6.64. The molecule has 1 fully saturated rings. The topological polar surface area (TPSA) is 61.4 Å². The lowest BCUT2D eigenvalue weighted by atomic mass is 9.76. The standard InChI is InChI=1S/C29H33N3O2/c1-30-28(34)32(19-20-33)27-18-17-23(21-27)22-31-29(24-11-5-2-6-12-24,25-13-7-3-8-14-25)26-15-9-4-10-16-26/h2-16,20,23,27,31H,17-19,21-22H2,1H3,(H,30,34). The fourth-order valence-corrected chi connectivity index (χ4v) is 5.31. The lowest BCUT2D eigenvalue weighted by Crippen LogP contribution is -2.47. The number of urea groups is 1. The number of carbonyl (C=O) groups excluding carboxylic acids is 2. The summed E-state index contributed by atoms with van der Waals surface area (Å²) in [6.07, 6.45) is 3.61. The van der Waals surface area contributed by atoms with Crippen molar-refractivity contribution in [1.29, 1.82) is 0 Å². The van der Waals surface area contributed by atoms with Gasteiger partial charge in [0.2, 0.25) is 0 Å². The van der Waals surface area contributed by atoms with Crippen LogP contribution in [0, 0.1) is 5.92 Å². The highest BCUT2D eigenvalue weighted by molar-refractivity contribution is 5.76. The van der Waals surface area contributed by atoms with E-state index in [-0.39, 0.29) is 18.6 Å². The van der Waals surface area contributed by atoms with E-state index in [1.807, 2.05) is 18.2 Å². The van der Waals surface area contributed by atoms with E-state index in [0.717, 1.165) is 32.1 Å². The molecule has 5 heteroatoms. The summed E-state index contributed by atoms with van der Waals surface area (Å²) < 4.78 is 0. The predicted molar refractivity (Wildman–Crippen MR) is 136 cm³/mol. The molecule has 2 N–H and O–H groups in total. The summed E-state index contributed by atoms with van der Waals surface area (Å²) in [4.78, 5) is 25.1. The van der Waals surface area contributed by atoms with Gasteiger partial charge >= 0.3 is 6.03 Å². The predicted octanol–water partition coefficient (Wildman–Crippen LogP) is 4.58. The normalized spacial score (nSPS) is 17.8. The Morgan fingerprint density at radius 3 is 1.82 bits per heavy atom. The zero-order valence-electron chi connectivity index (χ0n) is 19.7. The first kappa shape index (κ1) is 23.7. The summed E-state index contributed by atoms with van der Waals surface area (Å²) in [5.74, 6) is 0.402. The van der Waals surface area contributed by atoms with E-state index < -0.39 is 5.54 Å². The van der Waals surface area contributed by atoms with Crippen molar-refractivity contribution in [3.63, 3.8) is 0 Å². The van der Waals surface area contributed by atoms with Crippen LogP contribution in [0.25, 0.3) is 0 Å². The highest BCUT2D eigenvalue weighted by Gasteiger charge is 2.38. The van der Waals surface area contributed by atoms with Gasteiger partial charge in [-0.25, -0.2) is 4.79 Å². The second-order valence-corrected chi connectivity index (χ2v) is 8.94. The number of hydrogen-bond donors (Lipinski definition) is 2. The molecule has 2 unspecified atom stereocenters. The molecule has 1 saturated carbocycles. The third-order valence-electron chi connectivity index (χ3n) is 6.98. The number of benzene rings is 3. The molecule has 3 aromatic rings. The molecule has 2 atom stereocenters. The van der Waals surface area contributed by atoms with Gasteiger partial charge in [-0.15, -0.1) is 0 Å². The van der Waals surface area contributed by atoms with Gasteiger partial charge in [-0.1, -0.05) is 91.0 Å². The molecule has 2 amide bonds. The minimum Gasteiger partial charge on any atom is -0.341 e. The van der Waals surface area contributed by atoms with Crippen LogP contribution in [0.5, 0.6) is 0 Å². The molecule has 4 rings (SSSR count). The Morgan fingerprint density at radius 1 is 0.882 bits per heavy atom. The Bertz CT molecular complexity index is 960. The molecule has 0 spiro atoms. The SMILES string of the molecule is CNC(=O)N(CC=O)C1CCC(CNC(c2ccccc2)(c2ccccc2)c2ccccc2)C1. The zero-order chi connectivity index (χ0) is 23.8. The van der Waals surface area contributed by atoms with E-state index in [1.165, 1.54) is 16.7 Å². The summed E-state index contributed by atoms with van der Waals surface area (Å²) >= 11 is 0. The maximum atomic E-state index is 12.3. The minimum absolute atomic E-state index is 0.0801. The molecule has 1 aliphatic rings. The number of hydrogen-bond acceptors (Lipinski definition) is 3. The van der Waals surface area contributed by atoms with Crippen molar-refractivity contribution >= 4 is 12.3 Å². The molecule has 0 heterocycles. The molecule has 0 aromatic heterocycles. The van der Waals surface area contributed by atoms with Gasteiger partial charge in [-0.05, 0) is 48.4 Å². The lowest BCUT2D eigenvalue weighted by Gasteiger charge is -2.38. The molecule has 0 radical (unpaired) electrons. The van der Waals surface area contributed by atoms with Gasteiger partial charge in [0.05, 0.1) is 12.1 Å². The van der Waals surface area contributed by atoms with E-state index in [2.05, 4.69) is 83.4 Å².